The normalized spacial score (nSPS) is 33.9. The van der Waals surface area contributed by atoms with Crippen molar-refractivity contribution in [3.8, 4) is 0 Å². The lowest BCUT2D eigenvalue weighted by molar-refractivity contribution is -0.143. The molecule has 2 heterocycles. The summed E-state index contributed by atoms with van der Waals surface area (Å²) in [6.07, 6.45) is 6.56. The van der Waals surface area contributed by atoms with Crippen molar-refractivity contribution in [1.82, 2.24) is 9.80 Å². The van der Waals surface area contributed by atoms with Crippen LogP contribution in [0.15, 0.2) is 0 Å². The average Bonchev–Trinajstić information content (AvgIpc) is 2.35. The quantitative estimate of drug-likeness (QED) is 0.789. The smallest absolute Gasteiger partial charge is 0.242 e. The number of carbonyl (C=O) groups excluding carboxylic acids is 1. The third-order valence-corrected chi connectivity index (χ3v) is 5.30. The van der Waals surface area contributed by atoms with E-state index in [-0.39, 0.29) is 18.3 Å². The summed E-state index contributed by atoms with van der Waals surface area (Å²) in [6, 6.07) is 0.693. The fourth-order valence-electron chi connectivity index (χ4n) is 3.92. The highest BCUT2D eigenvalue weighted by atomic mass is 35.5. The van der Waals surface area contributed by atoms with Crippen LogP contribution in [0.5, 0.6) is 0 Å². The van der Waals surface area contributed by atoms with Gasteiger partial charge < -0.3 is 15.5 Å². The minimum atomic E-state index is -0.507. The Balaban J connectivity index is 0.00000133. The second kappa shape index (κ2) is 5.58. The highest BCUT2D eigenvalue weighted by Gasteiger charge is 2.45. The van der Waals surface area contributed by atoms with Gasteiger partial charge in [0, 0.05) is 19.1 Å². The van der Waals surface area contributed by atoms with Gasteiger partial charge in [0.15, 0.2) is 0 Å². The Morgan fingerprint density at radius 2 is 1.95 bits per heavy atom. The largest absolute Gasteiger partial charge is 0.341 e. The molecule has 0 radical (unpaired) electrons. The number of rotatable bonds is 1. The second-order valence-electron chi connectivity index (χ2n) is 6.50. The number of fused-ring (bicyclic) bond motifs is 1. The minimum absolute atomic E-state index is 0. The molecule has 110 valence electrons. The van der Waals surface area contributed by atoms with Crippen LogP contribution >= 0.6 is 12.4 Å². The summed E-state index contributed by atoms with van der Waals surface area (Å²) in [7, 11) is 2.23. The number of piperidine rings is 2. The molecule has 5 heteroatoms. The van der Waals surface area contributed by atoms with Gasteiger partial charge in [-0.1, -0.05) is 0 Å². The number of hydrogen-bond acceptors (Lipinski definition) is 3. The van der Waals surface area contributed by atoms with Crippen molar-refractivity contribution in [3.63, 3.8) is 0 Å². The lowest BCUT2D eigenvalue weighted by Crippen LogP contribution is -2.63. The van der Waals surface area contributed by atoms with Gasteiger partial charge >= 0.3 is 0 Å². The number of nitrogens with two attached hydrogens (primary N) is 1. The molecule has 0 spiro atoms. The third-order valence-electron chi connectivity index (χ3n) is 5.30. The molecule has 0 bridgehead atoms. The van der Waals surface area contributed by atoms with Crippen molar-refractivity contribution in [2.45, 2.75) is 50.1 Å². The van der Waals surface area contributed by atoms with Gasteiger partial charge in [-0.05, 0) is 58.0 Å². The van der Waals surface area contributed by atoms with Crippen LogP contribution in [0.3, 0.4) is 0 Å². The van der Waals surface area contributed by atoms with E-state index < -0.39 is 5.54 Å². The van der Waals surface area contributed by atoms with E-state index in [1.165, 1.54) is 19.4 Å². The van der Waals surface area contributed by atoms with Crippen LogP contribution in [0.25, 0.3) is 0 Å². The molecule has 2 aliphatic heterocycles. The molecule has 1 aliphatic carbocycles. The number of hydrogen-bond donors (Lipinski definition) is 1. The standard InChI is InChI=1S/C14H25N3O.ClH/c1-16-8-2-4-11-10-17(9-5-12(11)16)13(18)14(15)6-3-7-14;/h11-12H,2-10,15H2,1H3;1H. The van der Waals surface area contributed by atoms with Crippen LogP contribution in [-0.4, -0.2) is 54.0 Å². The molecule has 2 unspecified atom stereocenters. The predicted octanol–water partition coefficient (Wildman–Crippen LogP) is 1.23. The first-order valence-electron chi connectivity index (χ1n) is 7.39. The van der Waals surface area contributed by atoms with E-state index >= 15 is 0 Å². The summed E-state index contributed by atoms with van der Waals surface area (Å²) in [5, 5.41) is 0. The van der Waals surface area contributed by atoms with Gasteiger partial charge in [0.25, 0.3) is 0 Å². The highest BCUT2D eigenvalue weighted by molar-refractivity contribution is 5.87. The summed E-state index contributed by atoms with van der Waals surface area (Å²) in [6.45, 7) is 3.06. The Labute approximate surface area is 122 Å². The lowest BCUT2D eigenvalue weighted by Gasteiger charge is -2.48. The third kappa shape index (κ3) is 2.63. The van der Waals surface area contributed by atoms with Gasteiger partial charge in [-0.15, -0.1) is 12.4 Å². The van der Waals surface area contributed by atoms with E-state index in [0.29, 0.717) is 12.0 Å². The molecular weight excluding hydrogens is 262 g/mol. The SMILES string of the molecule is CN1CCCC2CN(C(=O)C3(N)CCC3)CCC21.Cl. The highest BCUT2D eigenvalue weighted by Crippen LogP contribution is 2.34. The van der Waals surface area contributed by atoms with Crippen molar-refractivity contribution in [1.29, 1.82) is 0 Å². The molecule has 2 N–H and O–H groups in total. The molecular formula is C14H26ClN3O. The van der Waals surface area contributed by atoms with Crippen LogP contribution < -0.4 is 5.73 Å². The molecule has 3 rings (SSSR count). The maximum Gasteiger partial charge on any atom is 0.242 e. The van der Waals surface area contributed by atoms with Gasteiger partial charge in [-0.3, -0.25) is 4.79 Å². The van der Waals surface area contributed by atoms with Gasteiger partial charge in [-0.2, -0.15) is 0 Å². The molecule has 2 saturated heterocycles. The molecule has 3 aliphatic rings. The molecule has 3 fully saturated rings. The van der Waals surface area contributed by atoms with Crippen molar-refractivity contribution in [3.05, 3.63) is 0 Å². The summed E-state index contributed by atoms with van der Waals surface area (Å²) >= 11 is 0. The summed E-state index contributed by atoms with van der Waals surface area (Å²) in [5.74, 6) is 0.894. The minimum Gasteiger partial charge on any atom is -0.341 e. The Kier molecular flexibility index (Phi) is 4.43. The Morgan fingerprint density at radius 1 is 1.21 bits per heavy atom. The van der Waals surface area contributed by atoms with Gasteiger partial charge in [-0.25, -0.2) is 0 Å². The fourth-order valence-corrected chi connectivity index (χ4v) is 3.92. The molecule has 0 aromatic carbocycles. The maximum absolute atomic E-state index is 12.4. The molecule has 0 aromatic rings. The van der Waals surface area contributed by atoms with Crippen molar-refractivity contribution >= 4 is 18.3 Å². The maximum atomic E-state index is 12.4. The van der Waals surface area contributed by atoms with E-state index in [1.54, 1.807) is 0 Å². The summed E-state index contributed by atoms with van der Waals surface area (Å²) in [5.41, 5.74) is 5.66. The van der Waals surface area contributed by atoms with Crippen LogP contribution in [0, 0.1) is 5.92 Å². The van der Waals surface area contributed by atoms with E-state index in [1.807, 2.05) is 0 Å². The van der Waals surface area contributed by atoms with Crippen LogP contribution in [0.1, 0.15) is 38.5 Å². The molecule has 19 heavy (non-hydrogen) atoms. The van der Waals surface area contributed by atoms with Gasteiger partial charge in [0.1, 0.15) is 0 Å². The molecule has 1 amide bonds. The topological polar surface area (TPSA) is 49.6 Å². The molecule has 4 nitrogen and oxygen atoms in total. The zero-order valence-electron chi connectivity index (χ0n) is 11.8. The second-order valence-corrected chi connectivity index (χ2v) is 6.50. The molecule has 1 saturated carbocycles. The molecule has 2 atom stereocenters. The zero-order valence-corrected chi connectivity index (χ0v) is 12.6. The Bertz CT molecular complexity index is 346. The first-order chi connectivity index (χ1) is 8.60. The number of halogens is 1. The first kappa shape index (κ1) is 15.1. The van der Waals surface area contributed by atoms with Crippen molar-refractivity contribution in [2.24, 2.45) is 11.7 Å². The van der Waals surface area contributed by atoms with Gasteiger partial charge in [0.2, 0.25) is 5.91 Å². The predicted molar refractivity (Wildman–Crippen MR) is 78.4 cm³/mol. The van der Waals surface area contributed by atoms with Crippen LogP contribution in [0.2, 0.25) is 0 Å². The van der Waals surface area contributed by atoms with Gasteiger partial charge in [0.05, 0.1) is 5.54 Å². The number of likely N-dealkylation sites (tertiary alicyclic amines) is 2. The van der Waals surface area contributed by atoms with E-state index in [0.717, 1.165) is 38.8 Å². The molecule has 0 aromatic heterocycles. The average molecular weight is 288 g/mol. The summed E-state index contributed by atoms with van der Waals surface area (Å²) in [4.78, 5) is 17.0. The monoisotopic (exact) mass is 287 g/mol. The number of nitrogens with zero attached hydrogens (tertiary/aromatic N) is 2. The van der Waals surface area contributed by atoms with Crippen molar-refractivity contribution in [2.75, 3.05) is 26.7 Å². The fraction of sp³-hybridized carbons (Fsp3) is 0.929. The van der Waals surface area contributed by atoms with E-state index in [2.05, 4.69) is 16.8 Å². The Morgan fingerprint density at radius 3 is 2.58 bits per heavy atom. The van der Waals surface area contributed by atoms with E-state index in [9.17, 15) is 4.79 Å². The first-order valence-corrected chi connectivity index (χ1v) is 7.39. The summed E-state index contributed by atoms with van der Waals surface area (Å²) < 4.78 is 0. The zero-order chi connectivity index (χ0) is 12.8. The van der Waals surface area contributed by atoms with E-state index in [4.69, 9.17) is 5.73 Å². The van der Waals surface area contributed by atoms with Crippen molar-refractivity contribution < 1.29 is 4.79 Å². The number of carbonyl (C=O) groups is 1. The lowest BCUT2D eigenvalue weighted by atomic mass is 9.75. The Hall–Kier alpha value is -0.320. The van der Waals surface area contributed by atoms with Crippen LogP contribution in [-0.2, 0) is 4.79 Å². The van der Waals surface area contributed by atoms with Crippen LogP contribution in [0.4, 0.5) is 0 Å². The number of amides is 1.